The highest BCUT2D eigenvalue weighted by Crippen LogP contribution is 2.34. The summed E-state index contributed by atoms with van der Waals surface area (Å²) in [7, 11) is 0. The van der Waals surface area contributed by atoms with Crippen molar-refractivity contribution in [2.24, 2.45) is 0 Å². The molecule has 1 aliphatic heterocycles. The largest absolute Gasteiger partial charge is 0.489 e. The van der Waals surface area contributed by atoms with E-state index in [1.807, 2.05) is 62.4 Å². The molecule has 0 aromatic heterocycles. The third-order valence-corrected chi connectivity index (χ3v) is 3.72. The minimum atomic E-state index is -0.108. The van der Waals surface area contributed by atoms with Gasteiger partial charge in [-0.3, -0.25) is 4.79 Å². The Balaban J connectivity index is 1.71. The second kappa shape index (κ2) is 7.67. The molecule has 25 heavy (non-hydrogen) atoms. The van der Waals surface area contributed by atoms with Gasteiger partial charge in [-0.15, -0.1) is 0 Å². The van der Waals surface area contributed by atoms with Crippen molar-refractivity contribution >= 4 is 11.9 Å². The molecule has 0 saturated carbocycles. The third kappa shape index (κ3) is 4.27. The Morgan fingerprint density at radius 1 is 1.12 bits per heavy atom. The zero-order valence-corrected chi connectivity index (χ0v) is 14.4. The highest BCUT2D eigenvalue weighted by Gasteiger charge is 2.27. The maximum Gasteiger partial charge on any atom is 0.231 e. The maximum absolute atomic E-state index is 12.4. The van der Waals surface area contributed by atoms with Crippen LogP contribution in [-0.2, 0) is 0 Å². The Kier molecular flexibility index (Phi) is 5.14. The van der Waals surface area contributed by atoms with E-state index < -0.39 is 0 Å². The summed E-state index contributed by atoms with van der Waals surface area (Å²) in [5.41, 5.74) is 2.83. The highest BCUT2D eigenvalue weighted by atomic mass is 16.5. The number of Topliss-reactive ketones (excluding diaryl/α,β-unsaturated/α-hetero) is 1. The van der Waals surface area contributed by atoms with Gasteiger partial charge in [0.05, 0.1) is 5.56 Å². The molecular formula is C22H20O3. The number of carbonyl (C=O) groups is 1. The predicted molar refractivity (Wildman–Crippen MR) is 99.9 cm³/mol. The minimum absolute atomic E-state index is 0.108. The molecule has 2 aromatic carbocycles. The number of fused-ring (bicyclic) bond motifs is 1. The lowest BCUT2D eigenvalue weighted by atomic mass is 10.1. The molecule has 2 aromatic rings. The van der Waals surface area contributed by atoms with E-state index in [9.17, 15) is 4.79 Å². The first-order valence-electron chi connectivity index (χ1n) is 8.19. The highest BCUT2D eigenvalue weighted by molar-refractivity contribution is 6.12. The number of allylic oxidation sites excluding steroid dienone is 4. The first-order chi connectivity index (χ1) is 12.1. The molecule has 0 amide bonds. The SMILES string of the molecule is CC(C)=CCOc1ccc2c(c1)O/C(=C\C=C\c1ccccc1)C2=O. The Bertz CT molecular complexity index is 854. The van der Waals surface area contributed by atoms with Crippen LogP contribution in [0.4, 0.5) is 0 Å². The fourth-order valence-corrected chi connectivity index (χ4v) is 2.39. The van der Waals surface area contributed by atoms with E-state index in [0.717, 1.165) is 5.56 Å². The number of ether oxygens (including phenoxy) is 2. The summed E-state index contributed by atoms with van der Waals surface area (Å²) in [6.45, 7) is 4.54. The van der Waals surface area contributed by atoms with Gasteiger partial charge in [0.1, 0.15) is 18.1 Å². The number of ketones is 1. The van der Waals surface area contributed by atoms with Gasteiger partial charge in [-0.05, 0) is 43.7 Å². The number of benzene rings is 2. The zero-order valence-electron chi connectivity index (χ0n) is 14.4. The summed E-state index contributed by atoms with van der Waals surface area (Å²) in [6.07, 6.45) is 7.44. The van der Waals surface area contributed by atoms with Crippen LogP contribution in [0, 0.1) is 0 Å². The molecule has 3 nitrogen and oxygen atoms in total. The summed E-state index contributed by atoms with van der Waals surface area (Å²) < 4.78 is 11.3. The van der Waals surface area contributed by atoms with Crippen LogP contribution in [-0.4, -0.2) is 12.4 Å². The first kappa shape index (κ1) is 16.8. The van der Waals surface area contributed by atoms with Gasteiger partial charge >= 0.3 is 0 Å². The van der Waals surface area contributed by atoms with Gasteiger partial charge in [-0.1, -0.05) is 48.1 Å². The van der Waals surface area contributed by atoms with E-state index in [2.05, 4.69) is 0 Å². The minimum Gasteiger partial charge on any atom is -0.489 e. The Hall–Kier alpha value is -3.07. The Morgan fingerprint density at radius 3 is 2.68 bits per heavy atom. The van der Waals surface area contributed by atoms with Gasteiger partial charge in [0.25, 0.3) is 0 Å². The summed E-state index contributed by atoms with van der Waals surface area (Å²) in [5, 5.41) is 0. The van der Waals surface area contributed by atoms with Gasteiger partial charge in [0, 0.05) is 6.07 Å². The Labute approximate surface area is 147 Å². The van der Waals surface area contributed by atoms with Crippen molar-refractivity contribution in [1.82, 2.24) is 0 Å². The summed E-state index contributed by atoms with van der Waals surface area (Å²) in [5.74, 6) is 1.44. The van der Waals surface area contributed by atoms with Gasteiger partial charge in [0.15, 0.2) is 5.76 Å². The zero-order chi connectivity index (χ0) is 17.6. The van der Waals surface area contributed by atoms with E-state index in [4.69, 9.17) is 9.47 Å². The molecule has 3 heteroatoms. The van der Waals surface area contributed by atoms with E-state index in [-0.39, 0.29) is 5.78 Å². The maximum atomic E-state index is 12.4. The summed E-state index contributed by atoms with van der Waals surface area (Å²) in [4.78, 5) is 12.4. The van der Waals surface area contributed by atoms with E-state index in [1.54, 1.807) is 24.3 Å². The van der Waals surface area contributed by atoms with Crippen LogP contribution >= 0.6 is 0 Å². The van der Waals surface area contributed by atoms with Crippen molar-refractivity contribution < 1.29 is 14.3 Å². The van der Waals surface area contributed by atoms with Gasteiger partial charge < -0.3 is 9.47 Å². The van der Waals surface area contributed by atoms with Crippen LogP contribution < -0.4 is 9.47 Å². The quantitative estimate of drug-likeness (QED) is 0.557. The molecule has 1 heterocycles. The van der Waals surface area contributed by atoms with Crippen LogP contribution in [0.1, 0.15) is 29.8 Å². The predicted octanol–water partition coefficient (Wildman–Crippen LogP) is 5.20. The molecule has 0 N–H and O–H groups in total. The monoisotopic (exact) mass is 332 g/mol. The fourth-order valence-electron chi connectivity index (χ4n) is 2.39. The molecule has 0 spiro atoms. The topological polar surface area (TPSA) is 35.5 Å². The van der Waals surface area contributed by atoms with Crippen molar-refractivity contribution in [3.8, 4) is 11.5 Å². The fraction of sp³-hybridized carbons (Fsp3) is 0.136. The number of hydrogen-bond donors (Lipinski definition) is 0. The van der Waals surface area contributed by atoms with Crippen molar-refractivity contribution in [2.45, 2.75) is 13.8 Å². The van der Waals surface area contributed by atoms with E-state index in [0.29, 0.717) is 29.4 Å². The second-order valence-electron chi connectivity index (χ2n) is 5.98. The molecule has 0 fully saturated rings. The van der Waals surface area contributed by atoms with Crippen LogP contribution in [0.15, 0.2) is 78.1 Å². The number of carbonyl (C=O) groups excluding carboxylic acids is 1. The molecule has 0 unspecified atom stereocenters. The number of rotatable bonds is 5. The standard InChI is InChI=1S/C22H20O3/c1-16(2)13-14-24-18-11-12-19-21(15-18)25-20(22(19)23)10-6-9-17-7-4-3-5-8-17/h3-13,15H,14H2,1-2H3/b9-6+,20-10-. The van der Waals surface area contributed by atoms with Gasteiger partial charge in [-0.25, -0.2) is 0 Å². The molecule has 0 radical (unpaired) electrons. The average Bonchev–Trinajstić information content (AvgIpc) is 2.91. The molecule has 1 aliphatic rings. The van der Waals surface area contributed by atoms with Crippen molar-refractivity contribution in [3.05, 3.63) is 89.2 Å². The second-order valence-corrected chi connectivity index (χ2v) is 5.98. The lowest BCUT2D eigenvalue weighted by Gasteiger charge is -2.05. The first-order valence-corrected chi connectivity index (χ1v) is 8.19. The van der Waals surface area contributed by atoms with Crippen LogP contribution in [0.25, 0.3) is 6.08 Å². The molecule has 0 atom stereocenters. The molecule has 3 rings (SSSR count). The van der Waals surface area contributed by atoms with E-state index in [1.165, 1.54) is 5.57 Å². The molecule has 0 bridgehead atoms. The molecule has 0 aliphatic carbocycles. The van der Waals surface area contributed by atoms with Gasteiger partial charge in [0.2, 0.25) is 5.78 Å². The lowest BCUT2D eigenvalue weighted by molar-refractivity contribution is 0.101. The van der Waals surface area contributed by atoms with Crippen molar-refractivity contribution in [2.75, 3.05) is 6.61 Å². The van der Waals surface area contributed by atoms with E-state index >= 15 is 0 Å². The van der Waals surface area contributed by atoms with Crippen LogP contribution in [0.3, 0.4) is 0 Å². The summed E-state index contributed by atoms with van der Waals surface area (Å²) >= 11 is 0. The van der Waals surface area contributed by atoms with Crippen molar-refractivity contribution in [1.29, 1.82) is 0 Å². The smallest absolute Gasteiger partial charge is 0.231 e. The lowest BCUT2D eigenvalue weighted by Crippen LogP contribution is -1.97. The third-order valence-electron chi connectivity index (χ3n) is 3.72. The average molecular weight is 332 g/mol. The summed E-state index contributed by atoms with van der Waals surface area (Å²) in [6, 6.07) is 15.2. The van der Waals surface area contributed by atoms with Crippen LogP contribution in [0.5, 0.6) is 11.5 Å². The molecular weight excluding hydrogens is 312 g/mol. The Morgan fingerprint density at radius 2 is 1.92 bits per heavy atom. The van der Waals surface area contributed by atoms with Gasteiger partial charge in [-0.2, -0.15) is 0 Å². The van der Waals surface area contributed by atoms with Crippen LogP contribution in [0.2, 0.25) is 0 Å². The molecule has 126 valence electrons. The molecule has 0 saturated heterocycles. The number of hydrogen-bond acceptors (Lipinski definition) is 3. The van der Waals surface area contributed by atoms with Crippen molar-refractivity contribution in [3.63, 3.8) is 0 Å². The normalized spacial score (nSPS) is 14.5.